The minimum Gasteiger partial charge on any atom is -0.381 e. The molecular weight excluding hydrogens is 231 g/mol. The molecular formula is C11H14Cl2N2. The van der Waals surface area contributed by atoms with Crippen molar-refractivity contribution in [2.75, 3.05) is 5.32 Å². The first-order valence-corrected chi connectivity index (χ1v) is 5.88. The predicted molar refractivity (Wildman–Crippen MR) is 65.7 cm³/mol. The summed E-state index contributed by atoms with van der Waals surface area (Å²) in [6, 6.07) is 6.37. The van der Waals surface area contributed by atoms with Crippen LogP contribution >= 0.6 is 23.2 Å². The zero-order valence-electron chi connectivity index (χ0n) is 8.34. The molecule has 0 amide bonds. The fourth-order valence-corrected chi connectivity index (χ4v) is 2.34. The molecule has 0 radical (unpaired) electrons. The van der Waals surface area contributed by atoms with Crippen molar-refractivity contribution < 1.29 is 0 Å². The second-order valence-corrected chi connectivity index (χ2v) is 4.80. The normalized spacial score (nSPS) is 25.5. The van der Waals surface area contributed by atoms with E-state index in [4.69, 9.17) is 28.9 Å². The Labute approximate surface area is 99.7 Å². The molecule has 1 aromatic rings. The molecule has 1 aliphatic rings. The number of nitrogens with one attached hydrogen (secondary N) is 1. The second kappa shape index (κ2) is 4.60. The molecule has 1 saturated carbocycles. The number of anilines is 1. The van der Waals surface area contributed by atoms with Crippen molar-refractivity contribution in [3.8, 4) is 0 Å². The summed E-state index contributed by atoms with van der Waals surface area (Å²) in [6.45, 7) is 0. The number of nitrogens with two attached hydrogens (primary N) is 1. The van der Waals surface area contributed by atoms with Crippen LogP contribution in [0, 0.1) is 0 Å². The summed E-state index contributed by atoms with van der Waals surface area (Å²) in [5.41, 5.74) is 6.75. The van der Waals surface area contributed by atoms with Crippen LogP contribution in [0.15, 0.2) is 18.2 Å². The van der Waals surface area contributed by atoms with Crippen LogP contribution in [0.4, 0.5) is 5.69 Å². The lowest BCUT2D eigenvalue weighted by atomic mass is 10.2. The first-order chi connectivity index (χ1) is 7.16. The number of hydrogen-bond acceptors (Lipinski definition) is 2. The molecule has 2 atom stereocenters. The van der Waals surface area contributed by atoms with Crippen LogP contribution in [0.25, 0.3) is 0 Å². The molecule has 15 heavy (non-hydrogen) atoms. The Balaban J connectivity index is 2.07. The van der Waals surface area contributed by atoms with Gasteiger partial charge >= 0.3 is 0 Å². The van der Waals surface area contributed by atoms with Crippen LogP contribution in [0.2, 0.25) is 10.0 Å². The summed E-state index contributed by atoms with van der Waals surface area (Å²) >= 11 is 12.0. The van der Waals surface area contributed by atoms with E-state index in [2.05, 4.69) is 5.32 Å². The maximum absolute atomic E-state index is 6.08. The van der Waals surface area contributed by atoms with Gasteiger partial charge < -0.3 is 11.1 Å². The Morgan fingerprint density at radius 3 is 2.73 bits per heavy atom. The molecule has 4 heteroatoms. The molecule has 0 bridgehead atoms. The quantitative estimate of drug-likeness (QED) is 0.839. The highest BCUT2D eigenvalue weighted by Gasteiger charge is 2.22. The van der Waals surface area contributed by atoms with Gasteiger partial charge in [0.2, 0.25) is 0 Å². The SMILES string of the molecule is NC1CCC(Nc2cccc(Cl)c2Cl)C1. The van der Waals surface area contributed by atoms with E-state index in [1.165, 1.54) is 0 Å². The lowest BCUT2D eigenvalue weighted by Gasteiger charge is -2.15. The van der Waals surface area contributed by atoms with Gasteiger partial charge in [-0.15, -0.1) is 0 Å². The van der Waals surface area contributed by atoms with E-state index >= 15 is 0 Å². The van der Waals surface area contributed by atoms with Crippen LogP contribution in [-0.2, 0) is 0 Å². The van der Waals surface area contributed by atoms with Gasteiger partial charge in [-0.3, -0.25) is 0 Å². The number of halogens is 2. The molecule has 2 rings (SSSR count). The van der Waals surface area contributed by atoms with Gasteiger partial charge in [0, 0.05) is 12.1 Å². The minimum absolute atomic E-state index is 0.320. The van der Waals surface area contributed by atoms with E-state index in [1.54, 1.807) is 6.07 Å². The van der Waals surface area contributed by atoms with Crippen LogP contribution in [0.3, 0.4) is 0 Å². The summed E-state index contributed by atoms with van der Waals surface area (Å²) in [6.07, 6.45) is 3.18. The number of rotatable bonds is 2. The van der Waals surface area contributed by atoms with Crippen molar-refractivity contribution in [2.45, 2.75) is 31.3 Å². The standard InChI is InChI=1S/C11H14Cl2N2/c12-9-2-1-3-10(11(9)13)15-8-5-4-7(14)6-8/h1-3,7-8,15H,4-6,14H2. The average Bonchev–Trinajstić information content (AvgIpc) is 2.59. The first kappa shape index (κ1) is 11.1. The Morgan fingerprint density at radius 2 is 2.07 bits per heavy atom. The maximum Gasteiger partial charge on any atom is 0.0823 e. The Kier molecular flexibility index (Phi) is 3.39. The summed E-state index contributed by atoms with van der Waals surface area (Å²) in [5, 5.41) is 4.57. The molecule has 1 aromatic carbocycles. The highest BCUT2D eigenvalue weighted by molar-refractivity contribution is 6.43. The second-order valence-electron chi connectivity index (χ2n) is 4.02. The monoisotopic (exact) mass is 244 g/mol. The van der Waals surface area contributed by atoms with Crippen LogP contribution < -0.4 is 11.1 Å². The molecule has 0 saturated heterocycles. The predicted octanol–water partition coefficient (Wildman–Crippen LogP) is 3.29. The molecule has 0 aliphatic heterocycles. The van der Waals surface area contributed by atoms with Crippen LogP contribution in [-0.4, -0.2) is 12.1 Å². The third kappa shape index (κ3) is 2.57. The molecule has 3 N–H and O–H groups in total. The summed E-state index contributed by atoms with van der Waals surface area (Å²) in [7, 11) is 0. The molecule has 0 heterocycles. The van der Waals surface area contributed by atoms with E-state index in [0.717, 1.165) is 24.9 Å². The zero-order valence-corrected chi connectivity index (χ0v) is 9.85. The highest BCUT2D eigenvalue weighted by atomic mass is 35.5. The fraction of sp³-hybridized carbons (Fsp3) is 0.455. The van der Waals surface area contributed by atoms with Crippen LogP contribution in [0.5, 0.6) is 0 Å². The largest absolute Gasteiger partial charge is 0.381 e. The fourth-order valence-electron chi connectivity index (χ4n) is 1.98. The third-order valence-electron chi connectivity index (χ3n) is 2.78. The van der Waals surface area contributed by atoms with Gasteiger partial charge in [-0.05, 0) is 31.4 Å². The van der Waals surface area contributed by atoms with Gasteiger partial charge in [0.1, 0.15) is 0 Å². The topological polar surface area (TPSA) is 38.0 Å². The van der Waals surface area contributed by atoms with E-state index in [9.17, 15) is 0 Å². The van der Waals surface area contributed by atoms with E-state index in [0.29, 0.717) is 22.1 Å². The minimum atomic E-state index is 0.320. The van der Waals surface area contributed by atoms with E-state index in [-0.39, 0.29) is 0 Å². The van der Waals surface area contributed by atoms with E-state index < -0.39 is 0 Å². The van der Waals surface area contributed by atoms with Crippen molar-refractivity contribution in [3.63, 3.8) is 0 Å². The van der Waals surface area contributed by atoms with Crippen molar-refractivity contribution in [2.24, 2.45) is 5.73 Å². The number of benzene rings is 1. The van der Waals surface area contributed by atoms with Gasteiger partial charge in [-0.1, -0.05) is 29.3 Å². The summed E-state index contributed by atoms with van der Waals surface area (Å²) in [5.74, 6) is 0. The Morgan fingerprint density at radius 1 is 1.27 bits per heavy atom. The first-order valence-electron chi connectivity index (χ1n) is 5.13. The van der Waals surface area contributed by atoms with Gasteiger partial charge in [0.05, 0.1) is 15.7 Å². The van der Waals surface area contributed by atoms with Gasteiger partial charge in [0.15, 0.2) is 0 Å². The Hall–Kier alpha value is -0.440. The number of hydrogen-bond donors (Lipinski definition) is 2. The molecule has 1 fully saturated rings. The lowest BCUT2D eigenvalue weighted by molar-refractivity contribution is 0.688. The van der Waals surface area contributed by atoms with Gasteiger partial charge in [0.25, 0.3) is 0 Å². The van der Waals surface area contributed by atoms with Crippen molar-refractivity contribution in [1.82, 2.24) is 0 Å². The maximum atomic E-state index is 6.08. The molecule has 2 nitrogen and oxygen atoms in total. The molecule has 1 aliphatic carbocycles. The highest BCUT2D eigenvalue weighted by Crippen LogP contribution is 2.31. The van der Waals surface area contributed by atoms with Crippen LogP contribution in [0.1, 0.15) is 19.3 Å². The van der Waals surface area contributed by atoms with Gasteiger partial charge in [-0.25, -0.2) is 0 Å². The van der Waals surface area contributed by atoms with Gasteiger partial charge in [-0.2, -0.15) is 0 Å². The molecule has 0 aromatic heterocycles. The molecule has 82 valence electrons. The van der Waals surface area contributed by atoms with Crippen molar-refractivity contribution in [1.29, 1.82) is 0 Å². The summed E-state index contributed by atoms with van der Waals surface area (Å²) in [4.78, 5) is 0. The lowest BCUT2D eigenvalue weighted by Crippen LogP contribution is -2.20. The average molecular weight is 245 g/mol. The Bertz CT molecular complexity index is 354. The summed E-state index contributed by atoms with van der Waals surface area (Å²) < 4.78 is 0. The zero-order chi connectivity index (χ0) is 10.8. The van der Waals surface area contributed by atoms with Crippen molar-refractivity contribution >= 4 is 28.9 Å². The molecule has 0 spiro atoms. The third-order valence-corrected chi connectivity index (χ3v) is 3.60. The smallest absolute Gasteiger partial charge is 0.0823 e. The van der Waals surface area contributed by atoms with Crippen molar-refractivity contribution in [3.05, 3.63) is 28.2 Å². The van der Waals surface area contributed by atoms with E-state index in [1.807, 2.05) is 12.1 Å². The molecule has 2 unspecified atom stereocenters.